The van der Waals surface area contributed by atoms with Gasteiger partial charge in [-0.05, 0) is 31.5 Å². The highest BCUT2D eigenvalue weighted by atomic mass is 32.2. The van der Waals surface area contributed by atoms with Gasteiger partial charge in [-0.1, -0.05) is 24.3 Å². The minimum atomic E-state index is -3.58. The van der Waals surface area contributed by atoms with Gasteiger partial charge in [0.1, 0.15) is 11.5 Å². The molecular weight excluding hydrogens is 314 g/mol. The Balaban J connectivity index is 2.28. The SMILES string of the molecule is COc1ccc(CNS(=O)(=O)c2ccccc2C)c(OC)c1C. The van der Waals surface area contributed by atoms with Crippen molar-refractivity contribution in [1.29, 1.82) is 0 Å². The van der Waals surface area contributed by atoms with E-state index in [1.54, 1.807) is 51.5 Å². The van der Waals surface area contributed by atoms with Crippen LogP contribution >= 0.6 is 0 Å². The lowest BCUT2D eigenvalue weighted by Crippen LogP contribution is -2.24. The molecule has 0 radical (unpaired) electrons. The molecular formula is C17H21NO4S. The van der Waals surface area contributed by atoms with E-state index in [9.17, 15) is 8.42 Å². The van der Waals surface area contributed by atoms with E-state index in [1.807, 2.05) is 13.0 Å². The molecule has 1 N–H and O–H groups in total. The highest BCUT2D eigenvalue weighted by Crippen LogP contribution is 2.31. The Morgan fingerprint density at radius 3 is 2.30 bits per heavy atom. The van der Waals surface area contributed by atoms with Gasteiger partial charge in [-0.3, -0.25) is 0 Å². The van der Waals surface area contributed by atoms with E-state index in [0.717, 1.165) is 11.1 Å². The summed E-state index contributed by atoms with van der Waals surface area (Å²) in [6.45, 7) is 3.79. The Labute approximate surface area is 137 Å². The molecule has 0 aromatic heterocycles. The van der Waals surface area contributed by atoms with Gasteiger partial charge in [0.15, 0.2) is 0 Å². The highest BCUT2D eigenvalue weighted by Gasteiger charge is 2.18. The Morgan fingerprint density at radius 1 is 1.00 bits per heavy atom. The summed E-state index contributed by atoms with van der Waals surface area (Å²) in [5, 5.41) is 0. The average molecular weight is 335 g/mol. The topological polar surface area (TPSA) is 64.6 Å². The van der Waals surface area contributed by atoms with Crippen molar-refractivity contribution in [1.82, 2.24) is 4.72 Å². The van der Waals surface area contributed by atoms with Crippen LogP contribution in [-0.4, -0.2) is 22.6 Å². The van der Waals surface area contributed by atoms with Crippen molar-refractivity contribution < 1.29 is 17.9 Å². The molecule has 0 saturated heterocycles. The molecule has 0 atom stereocenters. The maximum Gasteiger partial charge on any atom is 0.241 e. The van der Waals surface area contributed by atoms with Gasteiger partial charge in [-0.2, -0.15) is 0 Å². The van der Waals surface area contributed by atoms with E-state index < -0.39 is 10.0 Å². The number of nitrogens with one attached hydrogen (secondary N) is 1. The predicted molar refractivity (Wildman–Crippen MR) is 89.5 cm³/mol. The smallest absolute Gasteiger partial charge is 0.241 e. The van der Waals surface area contributed by atoms with Crippen molar-refractivity contribution in [3.8, 4) is 11.5 Å². The lowest BCUT2D eigenvalue weighted by molar-refractivity contribution is 0.385. The monoisotopic (exact) mass is 335 g/mol. The van der Waals surface area contributed by atoms with Crippen molar-refractivity contribution in [2.24, 2.45) is 0 Å². The summed E-state index contributed by atoms with van der Waals surface area (Å²) in [5.74, 6) is 1.32. The van der Waals surface area contributed by atoms with Crippen LogP contribution in [-0.2, 0) is 16.6 Å². The second-order valence-corrected chi connectivity index (χ2v) is 6.91. The van der Waals surface area contributed by atoms with Crippen molar-refractivity contribution in [3.63, 3.8) is 0 Å². The quantitative estimate of drug-likeness (QED) is 0.882. The number of hydrogen-bond acceptors (Lipinski definition) is 4. The molecule has 0 saturated carbocycles. The molecule has 0 fully saturated rings. The standard InChI is InChI=1S/C17H21NO4S/c1-12-7-5-6-8-16(12)23(19,20)18-11-14-9-10-15(21-3)13(2)17(14)22-4/h5-10,18H,11H2,1-4H3. The maximum atomic E-state index is 12.5. The molecule has 5 nitrogen and oxygen atoms in total. The average Bonchev–Trinajstić information content (AvgIpc) is 2.53. The number of hydrogen-bond donors (Lipinski definition) is 1. The van der Waals surface area contributed by atoms with Crippen molar-refractivity contribution in [2.75, 3.05) is 14.2 Å². The summed E-state index contributed by atoms with van der Waals surface area (Å²) in [6, 6.07) is 10.5. The third-order valence-electron chi connectivity index (χ3n) is 3.70. The van der Waals surface area contributed by atoms with Gasteiger partial charge >= 0.3 is 0 Å². The normalized spacial score (nSPS) is 11.3. The molecule has 0 heterocycles. The molecule has 2 aromatic carbocycles. The fourth-order valence-corrected chi connectivity index (χ4v) is 3.73. The summed E-state index contributed by atoms with van der Waals surface area (Å²) in [6.07, 6.45) is 0. The summed E-state index contributed by atoms with van der Waals surface area (Å²) in [5.41, 5.74) is 2.29. The minimum absolute atomic E-state index is 0.144. The van der Waals surface area contributed by atoms with Crippen LogP contribution in [0.25, 0.3) is 0 Å². The molecule has 23 heavy (non-hydrogen) atoms. The van der Waals surface area contributed by atoms with E-state index in [2.05, 4.69) is 4.72 Å². The Hall–Kier alpha value is -2.05. The largest absolute Gasteiger partial charge is 0.496 e. The molecule has 0 amide bonds. The molecule has 0 bridgehead atoms. The summed E-state index contributed by atoms with van der Waals surface area (Å²) < 4.78 is 38.2. The van der Waals surface area contributed by atoms with E-state index in [1.165, 1.54) is 0 Å². The summed E-state index contributed by atoms with van der Waals surface area (Å²) >= 11 is 0. The van der Waals surface area contributed by atoms with Crippen LogP contribution in [0, 0.1) is 13.8 Å². The Morgan fingerprint density at radius 2 is 1.70 bits per heavy atom. The van der Waals surface area contributed by atoms with Crippen LogP contribution in [0.3, 0.4) is 0 Å². The zero-order valence-electron chi connectivity index (χ0n) is 13.7. The van der Waals surface area contributed by atoms with Gasteiger partial charge in [-0.15, -0.1) is 0 Å². The Kier molecular flexibility index (Phi) is 5.28. The molecule has 0 aliphatic rings. The van der Waals surface area contributed by atoms with Gasteiger partial charge in [-0.25, -0.2) is 13.1 Å². The second kappa shape index (κ2) is 7.02. The maximum absolute atomic E-state index is 12.5. The molecule has 2 aromatic rings. The third kappa shape index (κ3) is 3.65. The number of ether oxygens (including phenoxy) is 2. The molecule has 124 valence electrons. The first-order valence-corrected chi connectivity index (χ1v) is 8.64. The van der Waals surface area contributed by atoms with E-state index in [0.29, 0.717) is 17.1 Å². The van der Waals surface area contributed by atoms with Crippen LogP contribution in [0.15, 0.2) is 41.3 Å². The Bertz CT molecular complexity index is 800. The van der Waals surface area contributed by atoms with Gasteiger partial charge < -0.3 is 9.47 Å². The van der Waals surface area contributed by atoms with E-state index in [4.69, 9.17) is 9.47 Å². The lowest BCUT2D eigenvalue weighted by atomic mass is 10.1. The number of sulfonamides is 1. The van der Waals surface area contributed by atoms with Crippen LogP contribution in [0.1, 0.15) is 16.7 Å². The molecule has 0 aliphatic heterocycles. The number of methoxy groups -OCH3 is 2. The molecule has 0 aliphatic carbocycles. The number of benzene rings is 2. The second-order valence-electron chi connectivity index (χ2n) is 5.18. The zero-order valence-corrected chi connectivity index (χ0v) is 14.5. The van der Waals surface area contributed by atoms with Crippen molar-refractivity contribution in [3.05, 3.63) is 53.1 Å². The zero-order chi connectivity index (χ0) is 17.0. The molecule has 2 rings (SSSR count). The van der Waals surface area contributed by atoms with Gasteiger partial charge in [0.2, 0.25) is 10.0 Å². The number of aryl methyl sites for hydroxylation is 1. The summed E-state index contributed by atoms with van der Waals surface area (Å²) in [4.78, 5) is 0.282. The fraction of sp³-hybridized carbons (Fsp3) is 0.294. The van der Waals surface area contributed by atoms with Gasteiger partial charge in [0.25, 0.3) is 0 Å². The van der Waals surface area contributed by atoms with Crippen LogP contribution < -0.4 is 14.2 Å². The molecule has 0 spiro atoms. The lowest BCUT2D eigenvalue weighted by Gasteiger charge is -2.15. The van der Waals surface area contributed by atoms with Crippen LogP contribution in [0.2, 0.25) is 0 Å². The van der Waals surface area contributed by atoms with E-state index in [-0.39, 0.29) is 11.4 Å². The third-order valence-corrected chi connectivity index (χ3v) is 5.26. The number of rotatable bonds is 6. The molecule has 6 heteroatoms. The minimum Gasteiger partial charge on any atom is -0.496 e. The van der Waals surface area contributed by atoms with E-state index >= 15 is 0 Å². The van der Waals surface area contributed by atoms with Crippen molar-refractivity contribution >= 4 is 10.0 Å². The van der Waals surface area contributed by atoms with Crippen molar-refractivity contribution in [2.45, 2.75) is 25.3 Å². The first-order valence-electron chi connectivity index (χ1n) is 7.16. The fourth-order valence-electron chi connectivity index (χ4n) is 2.48. The van der Waals surface area contributed by atoms with Gasteiger partial charge in [0, 0.05) is 17.7 Å². The first-order chi connectivity index (χ1) is 10.9. The predicted octanol–water partition coefficient (Wildman–Crippen LogP) is 2.80. The van der Waals surface area contributed by atoms with Crippen LogP contribution in [0.4, 0.5) is 0 Å². The van der Waals surface area contributed by atoms with Crippen LogP contribution in [0.5, 0.6) is 11.5 Å². The molecule has 0 unspecified atom stereocenters. The van der Waals surface area contributed by atoms with Gasteiger partial charge in [0.05, 0.1) is 19.1 Å². The first kappa shape index (κ1) is 17.3. The summed E-state index contributed by atoms with van der Waals surface area (Å²) in [7, 11) is -0.437. The highest BCUT2D eigenvalue weighted by molar-refractivity contribution is 7.89.